The van der Waals surface area contributed by atoms with Crippen molar-refractivity contribution in [1.29, 1.82) is 0 Å². The molecular weight excluding hydrogens is 320 g/mol. The smallest absolute Gasteiger partial charge is 0.0426 e. The van der Waals surface area contributed by atoms with E-state index >= 15 is 0 Å². The van der Waals surface area contributed by atoms with Gasteiger partial charge in [-0.25, -0.2) is 0 Å². The van der Waals surface area contributed by atoms with E-state index in [1.54, 1.807) is 0 Å². The van der Waals surface area contributed by atoms with Crippen LogP contribution < -0.4 is 16.0 Å². The van der Waals surface area contributed by atoms with Gasteiger partial charge in [-0.1, -0.05) is 24.6 Å². The maximum Gasteiger partial charge on any atom is 0.0426 e. The SMILES string of the molecule is CCN1CCCC1C(C)N.Cc1ccc(Cl)cc1N1CCNCC1. The average Bonchev–Trinajstić information content (AvgIpc) is 3.07. The highest BCUT2D eigenvalue weighted by atomic mass is 35.5. The van der Waals surface area contributed by atoms with Crippen LogP contribution in [0.25, 0.3) is 0 Å². The van der Waals surface area contributed by atoms with Crippen molar-refractivity contribution in [2.45, 2.75) is 45.7 Å². The van der Waals surface area contributed by atoms with E-state index < -0.39 is 0 Å². The van der Waals surface area contributed by atoms with Crippen molar-refractivity contribution < 1.29 is 0 Å². The molecule has 2 heterocycles. The summed E-state index contributed by atoms with van der Waals surface area (Å²) in [7, 11) is 0. The Bertz CT molecular complexity index is 500. The van der Waals surface area contributed by atoms with Gasteiger partial charge in [0.15, 0.2) is 0 Å². The highest BCUT2D eigenvalue weighted by Gasteiger charge is 2.25. The third-order valence-corrected chi connectivity index (χ3v) is 5.29. The van der Waals surface area contributed by atoms with E-state index in [9.17, 15) is 0 Å². The number of nitrogens with one attached hydrogen (secondary N) is 1. The van der Waals surface area contributed by atoms with E-state index in [-0.39, 0.29) is 0 Å². The zero-order chi connectivity index (χ0) is 17.5. The predicted octanol–water partition coefficient (Wildman–Crippen LogP) is 2.88. The number of likely N-dealkylation sites (N-methyl/N-ethyl adjacent to an activating group) is 1. The molecule has 3 N–H and O–H groups in total. The number of halogens is 1. The number of rotatable bonds is 3. The third-order valence-electron chi connectivity index (χ3n) is 5.06. The molecule has 136 valence electrons. The number of hydrogen-bond donors (Lipinski definition) is 2. The first-order valence-electron chi connectivity index (χ1n) is 9.24. The van der Waals surface area contributed by atoms with Crippen LogP contribution in [-0.4, -0.2) is 56.3 Å². The lowest BCUT2D eigenvalue weighted by atomic mass is 10.1. The summed E-state index contributed by atoms with van der Waals surface area (Å²) in [5.74, 6) is 0. The van der Waals surface area contributed by atoms with E-state index in [1.165, 1.54) is 30.6 Å². The van der Waals surface area contributed by atoms with Gasteiger partial charge >= 0.3 is 0 Å². The number of nitrogens with two attached hydrogens (primary N) is 1. The Morgan fingerprint density at radius 3 is 2.58 bits per heavy atom. The van der Waals surface area contributed by atoms with Crippen LogP contribution in [0, 0.1) is 6.92 Å². The second-order valence-electron chi connectivity index (χ2n) is 6.87. The van der Waals surface area contributed by atoms with Gasteiger partial charge in [0.05, 0.1) is 0 Å². The summed E-state index contributed by atoms with van der Waals surface area (Å²) in [6, 6.07) is 7.09. The molecule has 24 heavy (non-hydrogen) atoms. The number of piperazine rings is 1. The molecule has 5 heteroatoms. The van der Waals surface area contributed by atoms with Gasteiger partial charge in [0, 0.05) is 49.0 Å². The molecule has 2 aliphatic heterocycles. The topological polar surface area (TPSA) is 44.5 Å². The molecule has 1 aromatic rings. The first-order chi connectivity index (χ1) is 11.5. The summed E-state index contributed by atoms with van der Waals surface area (Å²) in [6.07, 6.45) is 2.63. The van der Waals surface area contributed by atoms with Crippen molar-refractivity contribution in [3.05, 3.63) is 28.8 Å². The Labute approximate surface area is 152 Å². The van der Waals surface area contributed by atoms with E-state index in [2.05, 4.69) is 48.0 Å². The van der Waals surface area contributed by atoms with Crippen LogP contribution in [0.1, 0.15) is 32.3 Å². The van der Waals surface area contributed by atoms with Gasteiger partial charge in [-0.15, -0.1) is 0 Å². The third kappa shape index (κ3) is 5.35. The standard InChI is InChI=1S/C11H15ClN2.C8H18N2/c1-9-2-3-10(12)8-11(9)14-6-4-13-5-7-14;1-3-10-6-4-5-8(10)7(2)9/h2-3,8,13H,4-7H2,1H3;7-8H,3-6,9H2,1-2H3. The number of hydrogen-bond acceptors (Lipinski definition) is 4. The number of nitrogens with zero attached hydrogens (tertiary/aromatic N) is 2. The molecule has 4 nitrogen and oxygen atoms in total. The number of aryl methyl sites for hydroxylation is 1. The van der Waals surface area contributed by atoms with Gasteiger partial charge in [0.2, 0.25) is 0 Å². The molecule has 2 atom stereocenters. The second-order valence-corrected chi connectivity index (χ2v) is 7.30. The molecule has 0 radical (unpaired) electrons. The van der Waals surface area contributed by atoms with Gasteiger partial charge in [0.1, 0.15) is 0 Å². The zero-order valence-electron chi connectivity index (χ0n) is 15.4. The van der Waals surface area contributed by atoms with Crippen LogP contribution in [0.5, 0.6) is 0 Å². The fraction of sp³-hybridized carbons (Fsp3) is 0.684. The van der Waals surface area contributed by atoms with Crippen LogP contribution in [0.15, 0.2) is 18.2 Å². The largest absolute Gasteiger partial charge is 0.369 e. The fourth-order valence-corrected chi connectivity index (χ4v) is 3.84. The molecule has 2 fully saturated rings. The van der Waals surface area contributed by atoms with E-state index in [1.807, 2.05) is 6.07 Å². The minimum atomic E-state index is 0.349. The summed E-state index contributed by atoms with van der Waals surface area (Å²) >= 11 is 5.99. The van der Waals surface area contributed by atoms with E-state index in [4.69, 9.17) is 17.3 Å². The Morgan fingerprint density at radius 1 is 1.29 bits per heavy atom. The highest BCUT2D eigenvalue weighted by Crippen LogP contribution is 2.24. The molecule has 3 rings (SSSR count). The van der Waals surface area contributed by atoms with Gasteiger partial charge in [-0.3, -0.25) is 4.90 Å². The van der Waals surface area contributed by atoms with E-state index in [0.717, 1.165) is 37.7 Å². The molecule has 0 aliphatic carbocycles. The minimum Gasteiger partial charge on any atom is -0.369 e. The van der Waals surface area contributed by atoms with Crippen molar-refractivity contribution in [1.82, 2.24) is 10.2 Å². The van der Waals surface area contributed by atoms with Crippen molar-refractivity contribution in [3.8, 4) is 0 Å². The number of benzene rings is 1. The second kappa shape index (κ2) is 9.62. The Kier molecular flexibility index (Phi) is 7.82. The lowest BCUT2D eigenvalue weighted by molar-refractivity contribution is 0.242. The summed E-state index contributed by atoms with van der Waals surface area (Å²) in [5.41, 5.74) is 8.40. The molecule has 0 saturated carbocycles. The van der Waals surface area contributed by atoms with Crippen LogP contribution in [-0.2, 0) is 0 Å². The first-order valence-corrected chi connectivity index (χ1v) is 9.62. The first kappa shape index (κ1) is 19.5. The zero-order valence-corrected chi connectivity index (χ0v) is 16.1. The summed E-state index contributed by atoms with van der Waals surface area (Å²) in [6.45, 7) is 13.1. The normalized spacial score (nSPS) is 22.9. The quantitative estimate of drug-likeness (QED) is 0.878. The maximum atomic E-state index is 5.99. The molecule has 0 spiro atoms. The van der Waals surface area contributed by atoms with Crippen LogP contribution in [0.3, 0.4) is 0 Å². The minimum absolute atomic E-state index is 0.349. The summed E-state index contributed by atoms with van der Waals surface area (Å²) < 4.78 is 0. The fourth-order valence-electron chi connectivity index (χ4n) is 3.67. The van der Waals surface area contributed by atoms with Crippen LogP contribution in [0.4, 0.5) is 5.69 Å². The van der Waals surface area contributed by atoms with E-state index in [0.29, 0.717) is 12.1 Å². The Balaban J connectivity index is 0.000000185. The molecule has 2 saturated heterocycles. The predicted molar refractivity (Wildman–Crippen MR) is 105 cm³/mol. The molecule has 2 aliphatic rings. The molecule has 0 aromatic heterocycles. The highest BCUT2D eigenvalue weighted by molar-refractivity contribution is 6.30. The monoisotopic (exact) mass is 352 g/mol. The summed E-state index contributed by atoms with van der Waals surface area (Å²) in [5, 5.41) is 4.17. The molecule has 0 amide bonds. The average molecular weight is 353 g/mol. The van der Waals surface area contributed by atoms with Crippen molar-refractivity contribution in [2.75, 3.05) is 44.2 Å². The van der Waals surface area contributed by atoms with Crippen molar-refractivity contribution >= 4 is 17.3 Å². The van der Waals surface area contributed by atoms with Gasteiger partial charge < -0.3 is 16.0 Å². The van der Waals surface area contributed by atoms with Gasteiger partial charge in [-0.2, -0.15) is 0 Å². The number of anilines is 1. The number of likely N-dealkylation sites (tertiary alicyclic amines) is 1. The van der Waals surface area contributed by atoms with Gasteiger partial charge in [-0.05, 0) is 57.5 Å². The van der Waals surface area contributed by atoms with Crippen LogP contribution in [0.2, 0.25) is 5.02 Å². The molecule has 1 aromatic carbocycles. The van der Waals surface area contributed by atoms with Crippen molar-refractivity contribution in [3.63, 3.8) is 0 Å². The Morgan fingerprint density at radius 2 is 2.00 bits per heavy atom. The lowest BCUT2D eigenvalue weighted by Crippen LogP contribution is -2.43. The molecular formula is C19H33ClN4. The van der Waals surface area contributed by atoms with Gasteiger partial charge in [0.25, 0.3) is 0 Å². The van der Waals surface area contributed by atoms with Crippen molar-refractivity contribution in [2.24, 2.45) is 5.73 Å². The lowest BCUT2D eigenvalue weighted by Gasteiger charge is -2.30. The summed E-state index contributed by atoms with van der Waals surface area (Å²) in [4.78, 5) is 4.86. The molecule has 2 unspecified atom stereocenters. The van der Waals surface area contributed by atoms with Crippen LogP contribution >= 0.6 is 11.6 Å². The maximum absolute atomic E-state index is 5.99. The molecule has 0 bridgehead atoms. The Hall–Kier alpha value is -0.810.